The molecule has 0 bridgehead atoms. The zero-order chi connectivity index (χ0) is 12.8. The standard InChI is InChI=1S/C16H21N2/c1-4-17-15-8-6-5-7-13(15)14-9-11-18(2,3)12-10-16(14)17/h5-10H,4,11-12H2,1-3H3/q+1. The van der Waals surface area contributed by atoms with Gasteiger partial charge < -0.3 is 9.05 Å². The molecule has 0 N–H and O–H groups in total. The van der Waals surface area contributed by atoms with Gasteiger partial charge in [-0.05, 0) is 25.1 Å². The fourth-order valence-corrected chi connectivity index (χ4v) is 2.87. The van der Waals surface area contributed by atoms with Crippen molar-refractivity contribution >= 4 is 23.1 Å². The van der Waals surface area contributed by atoms with Gasteiger partial charge in [0.05, 0.1) is 32.5 Å². The van der Waals surface area contributed by atoms with E-state index in [-0.39, 0.29) is 0 Å². The first-order valence-corrected chi connectivity index (χ1v) is 6.72. The number of fused-ring (bicyclic) bond motifs is 3. The molecule has 0 unspecified atom stereocenters. The smallest absolute Gasteiger partial charge is 0.0995 e. The molecule has 1 aromatic heterocycles. The predicted octanol–water partition coefficient (Wildman–Crippen LogP) is 1.31. The molecule has 94 valence electrons. The maximum Gasteiger partial charge on any atom is 0.0995 e. The summed E-state index contributed by atoms with van der Waals surface area (Å²) in [4.78, 5) is 0. The van der Waals surface area contributed by atoms with Crippen LogP contribution in [-0.2, 0) is 6.54 Å². The average molecular weight is 241 g/mol. The molecule has 0 radical (unpaired) electrons. The van der Waals surface area contributed by atoms with E-state index in [1.165, 1.54) is 21.5 Å². The second-order valence-electron chi connectivity index (χ2n) is 5.77. The summed E-state index contributed by atoms with van der Waals surface area (Å²) < 4.78 is 3.47. The fraction of sp³-hybridized carbons (Fsp3) is 0.375. The number of benzene rings is 1. The molecule has 2 heteroatoms. The number of quaternary nitrogens is 1. The zero-order valence-corrected chi connectivity index (χ0v) is 11.5. The van der Waals surface area contributed by atoms with E-state index >= 15 is 0 Å². The van der Waals surface area contributed by atoms with E-state index in [2.05, 4.69) is 62.0 Å². The molecule has 3 rings (SSSR count). The number of hydrogen-bond acceptors (Lipinski definition) is 0. The van der Waals surface area contributed by atoms with Crippen molar-refractivity contribution in [1.82, 2.24) is 4.57 Å². The molecule has 1 aliphatic rings. The minimum atomic E-state index is 1.03. The summed E-state index contributed by atoms with van der Waals surface area (Å²) in [6.45, 7) is 5.46. The number of rotatable bonds is 1. The van der Waals surface area contributed by atoms with Gasteiger partial charge in [0.1, 0.15) is 0 Å². The summed E-state index contributed by atoms with van der Waals surface area (Å²) >= 11 is 0. The number of para-hydroxylation sites is 1. The summed E-state index contributed by atoms with van der Waals surface area (Å²) in [5, 5.41) is 4.23. The van der Waals surface area contributed by atoms with Crippen LogP contribution >= 0.6 is 0 Å². The molecule has 2 nitrogen and oxygen atoms in total. The third-order valence-corrected chi connectivity index (χ3v) is 3.94. The monoisotopic (exact) mass is 241 g/mol. The Morgan fingerprint density at radius 3 is 2.61 bits per heavy atom. The van der Waals surface area contributed by atoms with Crippen molar-refractivity contribution < 1.29 is 4.48 Å². The van der Waals surface area contributed by atoms with Crippen LogP contribution in [0.1, 0.15) is 6.92 Å². The van der Waals surface area contributed by atoms with Crippen LogP contribution in [0.25, 0.3) is 23.1 Å². The Balaban J connectivity index is 2.43. The lowest BCUT2D eigenvalue weighted by Gasteiger charge is -2.25. The molecule has 0 spiro atoms. The van der Waals surface area contributed by atoms with Crippen LogP contribution < -0.4 is 10.6 Å². The Bertz CT molecular complexity index is 705. The van der Waals surface area contributed by atoms with Crippen molar-refractivity contribution in [2.45, 2.75) is 13.5 Å². The summed E-state index contributed by atoms with van der Waals surface area (Å²) in [7, 11) is 4.58. The third kappa shape index (κ3) is 1.68. The van der Waals surface area contributed by atoms with Gasteiger partial charge in [-0.2, -0.15) is 0 Å². The zero-order valence-electron chi connectivity index (χ0n) is 11.5. The van der Waals surface area contributed by atoms with Gasteiger partial charge in [0, 0.05) is 22.7 Å². The maximum absolute atomic E-state index is 2.44. The van der Waals surface area contributed by atoms with E-state index in [0.29, 0.717) is 0 Å². The van der Waals surface area contributed by atoms with Crippen LogP contribution in [0.4, 0.5) is 0 Å². The summed E-state index contributed by atoms with van der Waals surface area (Å²) in [6.07, 6.45) is 4.82. The van der Waals surface area contributed by atoms with E-state index in [1.807, 2.05) is 0 Å². The quantitative estimate of drug-likeness (QED) is 0.664. The summed E-state index contributed by atoms with van der Waals surface area (Å²) in [5.41, 5.74) is 1.37. The molecule has 1 aliphatic heterocycles. The van der Waals surface area contributed by atoms with Gasteiger partial charge in [0.25, 0.3) is 0 Å². The maximum atomic E-state index is 2.44. The van der Waals surface area contributed by atoms with Crippen LogP contribution in [0.2, 0.25) is 0 Å². The number of hydrogen-bond donors (Lipinski definition) is 0. The molecule has 0 fully saturated rings. The molecule has 2 heterocycles. The van der Waals surface area contributed by atoms with Crippen LogP contribution in [-0.4, -0.2) is 36.2 Å². The minimum absolute atomic E-state index is 1.03. The highest BCUT2D eigenvalue weighted by molar-refractivity contribution is 5.82. The first kappa shape index (κ1) is 11.5. The molecule has 1 aromatic carbocycles. The molecule has 0 atom stereocenters. The van der Waals surface area contributed by atoms with E-state index in [0.717, 1.165) is 24.1 Å². The van der Waals surface area contributed by atoms with E-state index < -0.39 is 0 Å². The van der Waals surface area contributed by atoms with Crippen LogP contribution in [0.15, 0.2) is 24.3 Å². The average Bonchev–Trinajstić information content (AvgIpc) is 2.58. The van der Waals surface area contributed by atoms with Crippen LogP contribution in [0.3, 0.4) is 0 Å². The lowest BCUT2D eigenvalue weighted by atomic mass is 10.2. The van der Waals surface area contributed by atoms with Crippen molar-refractivity contribution in [2.24, 2.45) is 0 Å². The van der Waals surface area contributed by atoms with Crippen molar-refractivity contribution in [3.05, 3.63) is 34.8 Å². The number of aryl methyl sites for hydroxylation is 1. The number of nitrogens with zero attached hydrogens (tertiary/aromatic N) is 2. The van der Waals surface area contributed by atoms with Gasteiger partial charge in [-0.25, -0.2) is 0 Å². The van der Waals surface area contributed by atoms with E-state index in [1.54, 1.807) is 0 Å². The van der Waals surface area contributed by atoms with Crippen molar-refractivity contribution in [2.75, 3.05) is 27.2 Å². The Morgan fingerprint density at radius 2 is 1.83 bits per heavy atom. The molecular formula is C16H21N2+. The van der Waals surface area contributed by atoms with Crippen LogP contribution in [0.5, 0.6) is 0 Å². The van der Waals surface area contributed by atoms with E-state index in [9.17, 15) is 0 Å². The second-order valence-corrected chi connectivity index (χ2v) is 5.77. The third-order valence-electron chi connectivity index (χ3n) is 3.94. The van der Waals surface area contributed by atoms with Crippen molar-refractivity contribution in [3.8, 4) is 0 Å². The fourth-order valence-electron chi connectivity index (χ4n) is 2.87. The lowest BCUT2D eigenvalue weighted by Crippen LogP contribution is -2.39. The van der Waals surface area contributed by atoms with Crippen molar-refractivity contribution in [1.29, 1.82) is 0 Å². The largest absolute Gasteiger partial charge is 0.341 e. The summed E-state index contributed by atoms with van der Waals surface area (Å²) in [6, 6.07) is 8.75. The van der Waals surface area contributed by atoms with E-state index in [4.69, 9.17) is 0 Å². The molecule has 0 saturated heterocycles. The van der Waals surface area contributed by atoms with Gasteiger partial charge in [-0.15, -0.1) is 0 Å². The Kier molecular flexibility index (Phi) is 2.56. The molecule has 0 saturated carbocycles. The lowest BCUT2D eigenvalue weighted by molar-refractivity contribution is -0.873. The molecule has 2 aromatic rings. The van der Waals surface area contributed by atoms with Gasteiger partial charge in [0.2, 0.25) is 0 Å². The van der Waals surface area contributed by atoms with Crippen molar-refractivity contribution in [3.63, 3.8) is 0 Å². The molecule has 0 amide bonds. The Hall–Kier alpha value is -1.54. The normalized spacial score (nSPS) is 17.7. The Morgan fingerprint density at radius 1 is 1.11 bits per heavy atom. The predicted molar refractivity (Wildman–Crippen MR) is 77.6 cm³/mol. The van der Waals surface area contributed by atoms with Gasteiger partial charge in [0.15, 0.2) is 0 Å². The van der Waals surface area contributed by atoms with Gasteiger partial charge in [-0.3, -0.25) is 0 Å². The van der Waals surface area contributed by atoms with Gasteiger partial charge in [-0.1, -0.05) is 18.2 Å². The molecule has 0 aliphatic carbocycles. The highest BCUT2D eigenvalue weighted by Gasteiger charge is 2.16. The summed E-state index contributed by atoms with van der Waals surface area (Å²) in [5.74, 6) is 0. The minimum Gasteiger partial charge on any atom is -0.341 e. The highest BCUT2D eigenvalue weighted by atomic mass is 15.3. The highest BCUT2D eigenvalue weighted by Crippen LogP contribution is 2.10. The SMILES string of the molecule is CCn1c2c(c3ccccc31)=CC[N+](C)(C)CC=2. The first-order valence-electron chi connectivity index (χ1n) is 6.72. The molecular weight excluding hydrogens is 220 g/mol. The number of aromatic nitrogens is 1. The topological polar surface area (TPSA) is 4.93 Å². The second kappa shape index (κ2) is 3.99. The van der Waals surface area contributed by atoms with Gasteiger partial charge >= 0.3 is 0 Å². The van der Waals surface area contributed by atoms with Crippen LogP contribution in [0, 0.1) is 0 Å². The first-order chi connectivity index (χ1) is 8.62. The molecule has 18 heavy (non-hydrogen) atoms. The Labute approximate surface area is 108 Å².